The number of hydrogen-bond donors (Lipinski definition) is 1. The van der Waals surface area contributed by atoms with Crippen molar-refractivity contribution >= 4 is 30.7 Å². The Labute approximate surface area is 121 Å². The van der Waals surface area contributed by atoms with Gasteiger partial charge in [-0.1, -0.05) is 13.8 Å². The molecule has 0 saturated carbocycles. The minimum absolute atomic E-state index is 0. The standard InChI is InChI=1S/C12H19N3O.2ClH/c1-9(2)11(13)12(16)15(3)8-10-4-6-14-7-5-10;;/h4-7,9,11H,8,13H2,1-3H3;2*1H/t11-;;/m1../s1. The van der Waals surface area contributed by atoms with Gasteiger partial charge in [0.2, 0.25) is 5.91 Å². The number of amides is 1. The van der Waals surface area contributed by atoms with Gasteiger partial charge in [0.05, 0.1) is 6.04 Å². The van der Waals surface area contributed by atoms with Crippen LogP contribution in [0.15, 0.2) is 24.5 Å². The third-order valence-electron chi connectivity index (χ3n) is 2.55. The lowest BCUT2D eigenvalue weighted by Gasteiger charge is -2.23. The Balaban J connectivity index is 0. The van der Waals surface area contributed by atoms with Crippen molar-refractivity contribution in [1.29, 1.82) is 0 Å². The molecule has 2 N–H and O–H groups in total. The number of nitrogens with two attached hydrogens (primary N) is 1. The fraction of sp³-hybridized carbons (Fsp3) is 0.500. The van der Waals surface area contributed by atoms with Crippen LogP contribution in [0.4, 0.5) is 0 Å². The number of halogens is 2. The molecule has 0 aliphatic rings. The van der Waals surface area contributed by atoms with Crippen molar-refractivity contribution in [3.05, 3.63) is 30.1 Å². The molecule has 0 aromatic carbocycles. The van der Waals surface area contributed by atoms with E-state index < -0.39 is 6.04 Å². The molecule has 0 saturated heterocycles. The fourth-order valence-corrected chi connectivity index (χ4v) is 1.38. The van der Waals surface area contributed by atoms with Gasteiger partial charge in [0, 0.05) is 26.0 Å². The van der Waals surface area contributed by atoms with E-state index in [0.29, 0.717) is 6.54 Å². The first-order valence-corrected chi connectivity index (χ1v) is 5.42. The number of rotatable bonds is 4. The quantitative estimate of drug-likeness (QED) is 0.922. The maximum absolute atomic E-state index is 11.9. The van der Waals surface area contributed by atoms with E-state index >= 15 is 0 Å². The fourth-order valence-electron chi connectivity index (χ4n) is 1.38. The van der Waals surface area contributed by atoms with E-state index in [1.807, 2.05) is 26.0 Å². The van der Waals surface area contributed by atoms with E-state index in [0.717, 1.165) is 5.56 Å². The topological polar surface area (TPSA) is 59.2 Å². The van der Waals surface area contributed by atoms with Gasteiger partial charge in [0.25, 0.3) is 0 Å². The average molecular weight is 294 g/mol. The number of carbonyl (C=O) groups excluding carboxylic acids is 1. The van der Waals surface area contributed by atoms with Gasteiger partial charge < -0.3 is 10.6 Å². The van der Waals surface area contributed by atoms with Crippen LogP contribution in [0.5, 0.6) is 0 Å². The Morgan fingerprint density at radius 1 is 1.33 bits per heavy atom. The predicted octanol–water partition coefficient (Wildman–Crippen LogP) is 1.87. The Hall–Kier alpha value is -0.840. The SMILES string of the molecule is CC(C)[C@@H](N)C(=O)N(C)Cc1ccncc1.Cl.Cl. The van der Waals surface area contributed by atoms with Crippen LogP contribution < -0.4 is 5.73 Å². The minimum Gasteiger partial charge on any atom is -0.340 e. The molecule has 1 heterocycles. The lowest BCUT2D eigenvalue weighted by molar-refractivity contribution is -0.132. The number of hydrogen-bond acceptors (Lipinski definition) is 3. The summed E-state index contributed by atoms with van der Waals surface area (Å²) in [5, 5.41) is 0. The number of aromatic nitrogens is 1. The second-order valence-electron chi connectivity index (χ2n) is 4.32. The van der Waals surface area contributed by atoms with Crippen molar-refractivity contribution in [2.75, 3.05) is 7.05 Å². The van der Waals surface area contributed by atoms with Crippen LogP contribution >= 0.6 is 24.8 Å². The van der Waals surface area contributed by atoms with Crippen molar-refractivity contribution in [2.45, 2.75) is 26.4 Å². The lowest BCUT2D eigenvalue weighted by Crippen LogP contribution is -2.44. The molecule has 0 fully saturated rings. The normalized spacial score (nSPS) is 11.2. The summed E-state index contributed by atoms with van der Waals surface area (Å²) in [5.74, 6) is 0.138. The number of pyridine rings is 1. The molecule has 0 aliphatic heterocycles. The third-order valence-corrected chi connectivity index (χ3v) is 2.55. The van der Waals surface area contributed by atoms with Crippen molar-refractivity contribution in [3.8, 4) is 0 Å². The highest BCUT2D eigenvalue weighted by molar-refractivity contribution is 5.85. The Morgan fingerprint density at radius 2 is 1.83 bits per heavy atom. The molecule has 1 aromatic rings. The second-order valence-corrected chi connectivity index (χ2v) is 4.32. The zero-order valence-corrected chi connectivity index (χ0v) is 12.5. The van der Waals surface area contributed by atoms with E-state index in [4.69, 9.17) is 5.73 Å². The zero-order chi connectivity index (χ0) is 12.1. The summed E-state index contributed by atoms with van der Waals surface area (Å²) < 4.78 is 0. The van der Waals surface area contributed by atoms with Crippen LogP contribution in [-0.2, 0) is 11.3 Å². The van der Waals surface area contributed by atoms with Crippen molar-refractivity contribution in [2.24, 2.45) is 11.7 Å². The van der Waals surface area contributed by atoms with E-state index in [2.05, 4.69) is 4.98 Å². The van der Waals surface area contributed by atoms with Crippen LogP contribution in [0, 0.1) is 5.92 Å². The molecule has 6 heteroatoms. The predicted molar refractivity (Wildman–Crippen MR) is 78.0 cm³/mol. The van der Waals surface area contributed by atoms with Crippen LogP contribution in [0.2, 0.25) is 0 Å². The third kappa shape index (κ3) is 5.67. The van der Waals surface area contributed by atoms with Crippen molar-refractivity contribution < 1.29 is 4.79 Å². The molecule has 104 valence electrons. The van der Waals surface area contributed by atoms with Crippen LogP contribution in [0.1, 0.15) is 19.4 Å². The molecule has 1 rings (SSSR count). The molecule has 1 amide bonds. The first-order chi connectivity index (χ1) is 7.52. The van der Waals surface area contributed by atoms with Gasteiger partial charge in [-0.05, 0) is 23.6 Å². The Kier molecular flexibility index (Phi) is 9.90. The summed E-state index contributed by atoms with van der Waals surface area (Å²) in [6.07, 6.45) is 3.44. The smallest absolute Gasteiger partial charge is 0.239 e. The molecule has 0 bridgehead atoms. The Bertz CT molecular complexity index is 346. The molecule has 1 aromatic heterocycles. The number of likely N-dealkylation sites (N-methyl/N-ethyl adjacent to an activating group) is 1. The highest BCUT2D eigenvalue weighted by atomic mass is 35.5. The summed E-state index contributed by atoms with van der Waals surface area (Å²) >= 11 is 0. The minimum atomic E-state index is -0.424. The van der Waals surface area contributed by atoms with E-state index in [1.165, 1.54) is 0 Å². The summed E-state index contributed by atoms with van der Waals surface area (Å²) in [7, 11) is 1.77. The monoisotopic (exact) mass is 293 g/mol. The summed E-state index contributed by atoms with van der Waals surface area (Å²) in [4.78, 5) is 17.5. The van der Waals surface area contributed by atoms with Gasteiger partial charge >= 0.3 is 0 Å². The van der Waals surface area contributed by atoms with Crippen LogP contribution in [-0.4, -0.2) is 28.9 Å². The summed E-state index contributed by atoms with van der Waals surface area (Å²) in [5.41, 5.74) is 6.87. The van der Waals surface area contributed by atoms with Crippen LogP contribution in [0.3, 0.4) is 0 Å². The molecular formula is C12H21Cl2N3O. The molecule has 4 nitrogen and oxygen atoms in total. The second kappa shape index (κ2) is 9.14. The van der Waals surface area contributed by atoms with Gasteiger partial charge in [0.1, 0.15) is 0 Å². The molecule has 18 heavy (non-hydrogen) atoms. The molecule has 0 unspecified atom stereocenters. The molecular weight excluding hydrogens is 273 g/mol. The van der Waals surface area contributed by atoms with E-state index in [9.17, 15) is 4.79 Å². The van der Waals surface area contributed by atoms with Gasteiger partial charge in [-0.3, -0.25) is 9.78 Å². The van der Waals surface area contributed by atoms with Crippen molar-refractivity contribution in [1.82, 2.24) is 9.88 Å². The van der Waals surface area contributed by atoms with Crippen molar-refractivity contribution in [3.63, 3.8) is 0 Å². The molecule has 0 spiro atoms. The molecule has 0 radical (unpaired) electrons. The molecule has 0 aliphatic carbocycles. The first-order valence-electron chi connectivity index (χ1n) is 5.42. The first kappa shape index (κ1) is 19.5. The van der Waals surface area contributed by atoms with Gasteiger partial charge in [0.15, 0.2) is 0 Å². The molecule has 1 atom stereocenters. The average Bonchev–Trinajstić information content (AvgIpc) is 2.28. The highest BCUT2D eigenvalue weighted by Crippen LogP contribution is 2.06. The van der Waals surface area contributed by atoms with E-state index in [1.54, 1.807) is 24.3 Å². The summed E-state index contributed by atoms with van der Waals surface area (Å²) in [6.45, 7) is 4.47. The van der Waals surface area contributed by atoms with Gasteiger partial charge in [-0.25, -0.2) is 0 Å². The highest BCUT2D eigenvalue weighted by Gasteiger charge is 2.20. The maximum Gasteiger partial charge on any atom is 0.239 e. The van der Waals surface area contributed by atoms with Gasteiger partial charge in [-0.2, -0.15) is 0 Å². The maximum atomic E-state index is 11.9. The Morgan fingerprint density at radius 3 is 2.28 bits per heavy atom. The van der Waals surface area contributed by atoms with Gasteiger partial charge in [-0.15, -0.1) is 24.8 Å². The lowest BCUT2D eigenvalue weighted by atomic mass is 10.0. The number of nitrogens with zero attached hydrogens (tertiary/aromatic N) is 2. The summed E-state index contributed by atoms with van der Waals surface area (Å²) in [6, 6.07) is 3.36. The number of carbonyl (C=O) groups is 1. The largest absolute Gasteiger partial charge is 0.340 e. The zero-order valence-electron chi connectivity index (χ0n) is 10.9. The van der Waals surface area contributed by atoms with E-state index in [-0.39, 0.29) is 36.6 Å². The van der Waals surface area contributed by atoms with Crippen LogP contribution in [0.25, 0.3) is 0 Å².